The van der Waals surface area contributed by atoms with Gasteiger partial charge in [0.05, 0.1) is 5.54 Å². The molecule has 160 valence electrons. The highest BCUT2D eigenvalue weighted by Gasteiger charge is 2.49. The number of alkyl halides is 2. The Balaban J connectivity index is 0.000000213. The van der Waals surface area contributed by atoms with Gasteiger partial charge in [-0.1, -0.05) is 62.6 Å². The maximum Gasteiger partial charge on any atom is 0.246 e. The van der Waals surface area contributed by atoms with E-state index < -0.39 is 5.92 Å². The molecule has 0 aromatic carbocycles. The van der Waals surface area contributed by atoms with Crippen molar-refractivity contribution in [2.45, 2.75) is 77.2 Å². The van der Waals surface area contributed by atoms with Crippen LogP contribution in [-0.2, 0) is 0 Å². The quantitative estimate of drug-likeness (QED) is 0.450. The Hall–Kier alpha value is -1.90. The molecule has 0 radical (unpaired) electrons. The maximum absolute atomic E-state index is 12.7. The van der Waals surface area contributed by atoms with E-state index >= 15 is 0 Å². The van der Waals surface area contributed by atoms with Gasteiger partial charge in [0.1, 0.15) is 0 Å². The molecule has 1 unspecified atom stereocenters. The lowest BCUT2D eigenvalue weighted by Gasteiger charge is -2.47. The normalized spacial score (nSPS) is 27.2. The Labute approximate surface area is 176 Å². The van der Waals surface area contributed by atoms with Crippen LogP contribution in [0.1, 0.15) is 65.7 Å². The van der Waals surface area contributed by atoms with E-state index in [-0.39, 0.29) is 17.9 Å². The average molecular weight is 402 g/mol. The third kappa shape index (κ3) is 6.29. The second kappa shape index (κ2) is 9.73. The lowest BCUT2D eigenvalue weighted by atomic mass is 9.62. The van der Waals surface area contributed by atoms with Crippen molar-refractivity contribution in [3.8, 4) is 0 Å². The smallest absolute Gasteiger partial charge is 0.246 e. The van der Waals surface area contributed by atoms with Crippen LogP contribution >= 0.6 is 0 Å². The van der Waals surface area contributed by atoms with Gasteiger partial charge in [-0.25, -0.2) is 8.78 Å². The minimum Gasteiger partial charge on any atom is -0.379 e. The van der Waals surface area contributed by atoms with Crippen LogP contribution in [0.2, 0.25) is 0 Å². The number of allylic oxidation sites excluding steroid dienone is 8. The highest BCUT2D eigenvalue weighted by molar-refractivity contribution is 5.40. The van der Waals surface area contributed by atoms with Crippen molar-refractivity contribution in [3.63, 3.8) is 0 Å². The van der Waals surface area contributed by atoms with E-state index in [0.717, 1.165) is 37.0 Å². The molecule has 3 rings (SSSR count). The summed E-state index contributed by atoms with van der Waals surface area (Å²) < 4.78 is 25.4. The van der Waals surface area contributed by atoms with Crippen molar-refractivity contribution < 1.29 is 8.78 Å². The zero-order chi connectivity index (χ0) is 21.7. The Morgan fingerprint density at radius 1 is 1.34 bits per heavy atom. The van der Waals surface area contributed by atoms with Crippen LogP contribution in [0.5, 0.6) is 0 Å². The van der Waals surface area contributed by atoms with Crippen molar-refractivity contribution in [3.05, 3.63) is 72.5 Å². The fourth-order valence-electron chi connectivity index (χ4n) is 4.47. The summed E-state index contributed by atoms with van der Waals surface area (Å²) in [5, 5.41) is 3.54. The van der Waals surface area contributed by atoms with Crippen LogP contribution in [-0.4, -0.2) is 11.5 Å². The number of rotatable bonds is 6. The van der Waals surface area contributed by atoms with Gasteiger partial charge in [0.2, 0.25) is 5.92 Å². The first-order valence-electron chi connectivity index (χ1n) is 10.8. The van der Waals surface area contributed by atoms with Gasteiger partial charge in [-0.3, -0.25) is 0 Å². The molecule has 0 amide bonds. The first kappa shape index (κ1) is 23.4. The van der Waals surface area contributed by atoms with Gasteiger partial charge in [-0.2, -0.15) is 0 Å². The van der Waals surface area contributed by atoms with Crippen molar-refractivity contribution in [1.82, 2.24) is 5.32 Å². The molecule has 1 saturated carbocycles. The van der Waals surface area contributed by atoms with E-state index in [1.807, 2.05) is 13.8 Å². The molecule has 2 fully saturated rings. The van der Waals surface area contributed by atoms with E-state index in [1.54, 1.807) is 17.7 Å². The Morgan fingerprint density at radius 3 is 2.48 bits per heavy atom. The second-order valence-corrected chi connectivity index (χ2v) is 8.80. The molecule has 1 heterocycles. The van der Waals surface area contributed by atoms with E-state index in [1.165, 1.54) is 31.3 Å². The maximum atomic E-state index is 12.7. The zero-order valence-electron chi connectivity index (χ0n) is 18.4. The van der Waals surface area contributed by atoms with Crippen molar-refractivity contribution >= 4 is 0 Å². The standard InChI is InChI=1S/C15H19N.C11H18F2/c1-11-8-12(2)16-15(11)9-14(10-15)13-6-4-3-5-7-13;1-5-7-10(9(3)6-2)8-11(4,12)13/h4,6-7,14,16H,1-3,5,8-10H2;5,7,10H,3,6,8H2,1-2,4H3/b;7-5-. The van der Waals surface area contributed by atoms with Crippen LogP contribution < -0.4 is 5.32 Å². The van der Waals surface area contributed by atoms with Crippen LogP contribution in [0.4, 0.5) is 8.78 Å². The largest absolute Gasteiger partial charge is 0.379 e. The number of nitrogens with one attached hydrogen (secondary N) is 1. The average Bonchev–Trinajstić information content (AvgIpc) is 2.94. The van der Waals surface area contributed by atoms with Gasteiger partial charge < -0.3 is 5.32 Å². The second-order valence-electron chi connectivity index (χ2n) is 8.80. The monoisotopic (exact) mass is 401 g/mol. The van der Waals surface area contributed by atoms with Crippen LogP contribution in [0.3, 0.4) is 0 Å². The molecule has 29 heavy (non-hydrogen) atoms. The summed E-state index contributed by atoms with van der Waals surface area (Å²) in [6.45, 7) is 16.7. The van der Waals surface area contributed by atoms with E-state index in [0.29, 0.717) is 0 Å². The van der Waals surface area contributed by atoms with E-state index in [2.05, 4.69) is 43.3 Å². The lowest BCUT2D eigenvalue weighted by molar-refractivity contribution is 0.00543. The van der Waals surface area contributed by atoms with Crippen molar-refractivity contribution in [2.75, 3.05) is 0 Å². The molecule has 3 aliphatic rings. The molecule has 1 saturated heterocycles. The first-order valence-corrected chi connectivity index (χ1v) is 10.8. The molecule has 1 atom stereocenters. The summed E-state index contributed by atoms with van der Waals surface area (Å²) in [5.41, 5.74) is 5.11. The predicted octanol–water partition coefficient (Wildman–Crippen LogP) is 7.67. The molecule has 0 bridgehead atoms. The number of halogens is 2. The minimum absolute atomic E-state index is 0.135. The molecule has 0 aromatic heterocycles. The van der Waals surface area contributed by atoms with Crippen LogP contribution in [0, 0.1) is 11.8 Å². The van der Waals surface area contributed by atoms with Gasteiger partial charge >= 0.3 is 0 Å². The van der Waals surface area contributed by atoms with Gasteiger partial charge in [-0.15, -0.1) is 0 Å². The highest BCUT2D eigenvalue weighted by Crippen LogP contribution is 2.51. The predicted molar refractivity (Wildman–Crippen MR) is 121 cm³/mol. The summed E-state index contributed by atoms with van der Waals surface area (Å²) in [5.74, 6) is -2.05. The SMILES string of the molecule is C=C(CC)C(/C=C\C)CC(C)(F)F.C=C1CC(=C)C2(CC(C3=CCCC=C3)C2)N1. The fraction of sp³-hybridized carbons (Fsp3) is 0.538. The van der Waals surface area contributed by atoms with Gasteiger partial charge in [-0.05, 0) is 63.0 Å². The molecule has 1 aliphatic heterocycles. The zero-order valence-corrected chi connectivity index (χ0v) is 18.4. The summed E-state index contributed by atoms with van der Waals surface area (Å²) in [6.07, 6.45) is 17.1. The number of hydrogen-bond acceptors (Lipinski definition) is 1. The lowest BCUT2D eigenvalue weighted by Crippen LogP contribution is -2.52. The van der Waals surface area contributed by atoms with Crippen molar-refractivity contribution in [1.29, 1.82) is 0 Å². The van der Waals surface area contributed by atoms with Crippen LogP contribution in [0.25, 0.3) is 0 Å². The highest BCUT2D eigenvalue weighted by atomic mass is 19.3. The molecule has 2 aliphatic carbocycles. The topological polar surface area (TPSA) is 12.0 Å². The molecule has 1 N–H and O–H groups in total. The van der Waals surface area contributed by atoms with Gasteiger partial charge in [0, 0.05) is 24.5 Å². The molecule has 1 spiro atoms. The van der Waals surface area contributed by atoms with E-state index in [4.69, 9.17) is 0 Å². The summed E-state index contributed by atoms with van der Waals surface area (Å²) in [7, 11) is 0. The Morgan fingerprint density at radius 2 is 2.03 bits per heavy atom. The molecular formula is C26H37F2N. The summed E-state index contributed by atoms with van der Waals surface area (Å²) >= 11 is 0. The minimum atomic E-state index is -2.61. The third-order valence-corrected chi connectivity index (χ3v) is 6.19. The fourth-order valence-corrected chi connectivity index (χ4v) is 4.47. The molecule has 3 heteroatoms. The van der Waals surface area contributed by atoms with Crippen LogP contribution in [0.15, 0.2) is 72.5 Å². The summed E-state index contributed by atoms with van der Waals surface area (Å²) in [4.78, 5) is 0. The van der Waals surface area contributed by atoms with Gasteiger partial charge in [0.15, 0.2) is 0 Å². The van der Waals surface area contributed by atoms with Crippen molar-refractivity contribution in [2.24, 2.45) is 11.8 Å². The number of hydrogen-bond donors (Lipinski definition) is 1. The molecule has 1 nitrogen and oxygen atoms in total. The Kier molecular flexibility index (Phi) is 7.85. The molecule has 0 aromatic rings. The summed E-state index contributed by atoms with van der Waals surface area (Å²) in [6, 6.07) is 0. The van der Waals surface area contributed by atoms with E-state index in [9.17, 15) is 8.78 Å². The first-order chi connectivity index (χ1) is 13.6. The molecular weight excluding hydrogens is 364 g/mol. The van der Waals surface area contributed by atoms with Gasteiger partial charge in [0.25, 0.3) is 0 Å². The third-order valence-electron chi connectivity index (χ3n) is 6.19. The Bertz CT molecular complexity index is 711.